The van der Waals surface area contributed by atoms with Crippen molar-refractivity contribution in [2.24, 2.45) is 12.8 Å². The summed E-state index contributed by atoms with van der Waals surface area (Å²) in [4.78, 5) is 4.28. The highest BCUT2D eigenvalue weighted by Gasteiger charge is 2.05. The molecule has 0 saturated carbocycles. The second kappa shape index (κ2) is 5.12. The third-order valence-corrected chi connectivity index (χ3v) is 2.89. The molecule has 1 aromatic carbocycles. The van der Waals surface area contributed by atoms with Crippen LogP contribution in [0.5, 0.6) is 0 Å². The Morgan fingerprint density at radius 2 is 2.06 bits per heavy atom. The van der Waals surface area contributed by atoms with Gasteiger partial charge in [-0.2, -0.15) is 0 Å². The van der Waals surface area contributed by atoms with Crippen molar-refractivity contribution >= 4 is 0 Å². The van der Waals surface area contributed by atoms with Gasteiger partial charge in [-0.3, -0.25) is 0 Å². The van der Waals surface area contributed by atoms with Crippen LogP contribution in [0.25, 0.3) is 0 Å². The number of aliphatic hydroxyl groups excluding tert-OH is 1. The van der Waals surface area contributed by atoms with Gasteiger partial charge in [-0.15, -0.1) is 0 Å². The maximum absolute atomic E-state index is 8.96. The third-order valence-electron chi connectivity index (χ3n) is 2.89. The van der Waals surface area contributed by atoms with Crippen LogP contribution in [0.15, 0.2) is 36.7 Å². The van der Waals surface area contributed by atoms with Gasteiger partial charge in [0.1, 0.15) is 5.82 Å². The Labute approximate surface area is 101 Å². The van der Waals surface area contributed by atoms with Crippen molar-refractivity contribution in [1.82, 2.24) is 9.55 Å². The summed E-state index contributed by atoms with van der Waals surface area (Å²) in [5.41, 5.74) is 7.88. The van der Waals surface area contributed by atoms with Gasteiger partial charge in [0.25, 0.3) is 0 Å². The fraction of sp³-hybridized carbons (Fsp3) is 0.308. The lowest BCUT2D eigenvalue weighted by atomic mass is 10.0. The average molecular weight is 231 g/mol. The van der Waals surface area contributed by atoms with Gasteiger partial charge < -0.3 is 15.4 Å². The first-order valence-electron chi connectivity index (χ1n) is 5.62. The zero-order valence-corrected chi connectivity index (χ0v) is 9.87. The fourth-order valence-electron chi connectivity index (χ4n) is 1.74. The second-order valence-corrected chi connectivity index (χ2v) is 4.16. The summed E-state index contributed by atoms with van der Waals surface area (Å²) in [5, 5.41) is 8.96. The first-order chi connectivity index (χ1) is 8.20. The van der Waals surface area contributed by atoms with Crippen LogP contribution in [-0.4, -0.2) is 21.3 Å². The first-order valence-corrected chi connectivity index (χ1v) is 5.62. The number of aryl methyl sites for hydroxylation is 1. The van der Waals surface area contributed by atoms with Crippen LogP contribution >= 0.6 is 0 Å². The molecule has 4 heteroatoms. The molecule has 17 heavy (non-hydrogen) atoms. The predicted octanol–water partition coefficient (Wildman–Crippen LogP) is 1.00. The summed E-state index contributed by atoms with van der Waals surface area (Å²) in [5.74, 6) is 1.03. The molecule has 0 aliphatic heterocycles. The lowest BCUT2D eigenvalue weighted by molar-refractivity contribution is 0.268. The van der Waals surface area contributed by atoms with Crippen molar-refractivity contribution in [2.45, 2.75) is 12.5 Å². The minimum atomic E-state index is -0.294. The summed E-state index contributed by atoms with van der Waals surface area (Å²) in [6.45, 7) is -0.0291. The topological polar surface area (TPSA) is 64.1 Å². The second-order valence-electron chi connectivity index (χ2n) is 4.16. The normalized spacial score (nSPS) is 12.6. The SMILES string of the molecule is Cn1ccnc1Cc1ccc(C(N)CO)cc1. The van der Waals surface area contributed by atoms with Gasteiger partial charge in [0.05, 0.1) is 12.6 Å². The third kappa shape index (κ3) is 2.72. The highest BCUT2D eigenvalue weighted by atomic mass is 16.3. The molecule has 1 unspecified atom stereocenters. The highest BCUT2D eigenvalue weighted by molar-refractivity contribution is 5.26. The van der Waals surface area contributed by atoms with E-state index in [1.165, 1.54) is 5.56 Å². The van der Waals surface area contributed by atoms with Crippen LogP contribution in [0.1, 0.15) is 23.0 Å². The summed E-state index contributed by atoms with van der Waals surface area (Å²) < 4.78 is 2.01. The van der Waals surface area contributed by atoms with E-state index in [9.17, 15) is 0 Å². The maximum atomic E-state index is 8.96. The van der Waals surface area contributed by atoms with Crippen LogP contribution in [0.2, 0.25) is 0 Å². The number of rotatable bonds is 4. The molecule has 0 aliphatic rings. The van der Waals surface area contributed by atoms with Gasteiger partial charge in [-0.25, -0.2) is 4.98 Å². The zero-order chi connectivity index (χ0) is 12.3. The van der Waals surface area contributed by atoms with Gasteiger partial charge in [-0.1, -0.05) is 24.3 Å². The van der Waals surface area contributed by atoms with E-state index >= 15 is 0 Å². The minimum Gasteiger partial charge on any atom is -0.394 e. The predicted molar refractivity (Wildman–Crippen MR) is 66.5 cm³/mol. The molecule has 1 aromatic heterocycles. The summed E-state index contributed by atoms with van der Waals surface area (Å²) in [6.07, 6.45) is 4.54. The monoisotopic (exact) mass is 231 g/mol. The van der Waals surface area contributed by atoms with Crippen LogP contribution < -0.4 is 5.73 Å². The zero-order valence-electron chi connectivity index (χ0n) is 9.87. The van der Waals surface area contributed by atoms with Gasteiger partial charge in [-0.05, 0) is 11.1 Å². The molecule has 90 valence electrons. The van der Waals surface area contributed by atoms with E-state index in [0.29, 0.717) is 0 Å². The molecule has 0 spiro atoms. The Hall–Kier alpha value is -1.65. The maximum Gasteiger partial charge on any atom is 0.112 e. The smallest absolute Gasteiger partial charge is 0.112 e. The quantitative estimate of drug-likeness (QED) is 0.825. The molecule has 0 saturated heterocycles. The summed E-state index contributed by atoms with van der Waals surface area (Å²) in [7, 11) is 1.98. The van der Waals surface area contributed by atoms with Crippen molar-refractivity contribution in [3.8, 4) is 0 Å². The van der Waals surface area contributed by atoms with E-state index in [1.807, 2.05) is 42.1 Å². The highest BCUT2D eigenvalue weighted by Crippen LogP contribution is 2.13. The Morgan fingerprint density at radius 1 is 1.35 bits per heavy atom. The standard InChI is InChI=1S/C13H17N3O/c1-16-7-6-15-13(16)8-10-2-4-11(5-3-10)12(14)9-17/h2-7,12,17H,8-9,14H2,1H3. The lowest BCUT2D eigenvalue weighted by Crippen LogP contribution is -2.14. The van der Waals surface area contributed by atoms with Crippen LogP contribution in [-0.2, 0) is 13.5 Å². The van der Waals surface area contributed by atoms with Crippen molar-refractivity contribution in [2.75, 3.05) is 6.61 Å². The number of nitrogens with zero attached hydrogens (tertiary/aromatic N) is 2. The molecule has 1 heterocycles. The molecule has 2 aromatic rings. The van der Waals surface area contributed by atoms with Crippen molar-refractivity contribution in [1.29, 1.82) is 0 Å². The van der Waals surface area contributed by atoms with Gasteiger partial charge in [0, 0.05) is 25.9 Å². The number of hydrogen-bond acceptors (Lipinski definition) is 3. The van der Waals surface area contributed by atoms with E-state index in [1.54, 1.807) is 6.20 Å². The Morgan fingerprint density at radius 3 is 2.59 bits per heavy atom. The molecule has 1 atom stereocenters. The summed E-state index contributed by atoms with van der Waals surface area (Å²) in [6, 6.07) is 7.68. The number of aromatic nitrogens is 2. The lowest BCUT2D eigenvalue weighted by Gasteiger charge is -2.09. The largest absolute Gasteiger partial charge is 0.394 e. The van der Waals surface area contributed by atoms with E-state index in [0.717, 1.165) is 17.8 Å². The number of imidazole rings is 1. The van der Waals surface area contributed by atoms with Gasteiger partial charge >= 0.3 is 0 Å². The Kier molecular flexibility index (Phi) is 3.56. The Bertz CT molecular complexity index is 476. The number of benzene rings is 1. The molecule has 0 amide bonds. The molecule has 0 radical (unpaired) electrons. The van der Waals surface area contributed by atoms with Crippen molar-refractivity contribution in [3.05, 3.63) is 53.6 Å². The van der Waals surface area contributed by atoms with Gasteiger partial charge in [0.2, 0.25) is 0 Å². The first kappa shape index (κ1) is 11.8. The van der Waals surface area contributed by atoms with E-state index < -0.39 is 0 Å². The number of nitrogens with two attached hydrogens (primary N) is 1. The molecular formula is C13H17N3O. The van der Waals surface area contributed by atoms with Crippen molar-refractivity contribution in [3.63, 3.8) is 0 Å². The fourth-order valence-corrected chi connectivity index (χ4v) is 1.74. The molecular weight excluding hydrogens is 214 g/mol. The molecule has 2 rings (SSSR count). The molecule has 3 N–H and O–H groups in total. The molecule has 0 bridgehead atoms. The number of aliphatic hydroxyl groups is 1. The minimum absolute atomic E-state index is 0.0291. The number of hydrogen-bond donors (Lipinski definition) is 2. The summed E-state index contributed by atoms with van der Waals surface area (Å²) >= 11 is 0. The Balaban J connectivity index is 2.11. The molecule has 0 fully saturated rings. The molecule has 4 nitrogen and oxygen atoms in total. The van der Waals surface area contributed by atoms with Crippen LogP contribution in [0.4, 0.5) is 0 Å². The van der Waals surface area contributed by atoms with Crippen molar-refractivity contribution < 1.29 is 5.11 Å². The van der Waals surface area contributed by atoms with Crippen LogP contribution in [0, 0.1) is 0 Å². The van der Waals surface area contributed by atoms with Crippen LogP contribution in [0.3, 0.4) is 0 Å². The molecule has 0 aliphatic carbocycles. The van der Waals surface area contributed by atoms with E-state index in [4.69, 9.17) is 10.8 Å². The van der Waals surface area contributed by atoms with E-state index in [-0.39, 0.29) is 12.6 Å². The average Bonchev–Trinajstić information content (AvgIpc) is 2.75. The van der Waals surface area contributed by atoms with Gasteiger partial charge in [0.15, 0.2) is 0 Å². The van der Waals surface area contributed by atoms with E-state index in [2.05, 4.69) is 4.98 Å².